The number of allylic oxidation sites excluding steroid dienone is 2. The van der Waals surface area contributed by atoms with Gasteiger partial charge in [-0.25, -0.2) is 8.42 Å². The molecule has 2 aromatic rings. The SMILES string of the molecule is CC(C)Cc1ccc(-c2c(Cl)cc(NCCC3=CCC(S(C)(=O)=O)C=C3)cc2Cl)cc1C#N. The predicted molar refractivity (Wildman–Crippen MR) is 139 cm³/mol. The minimum atomic E-state index is -3.06. The molecule has 1 aliphatic rings. The summed E-state index contributed by atoms with van der Waals surface area (Å²) in [6.07, 6.45) is 9.00. The molecule has 0 fully saturated rings. The fourth-order valence-electron chi connectivity index (χ4n) is 3.90. The van der Waals surface area contributed by atoms with E-state index in [1.54, 1.807) is 6.08 Å². The van der Waals surface area contributed by atoms with E-state index >= 15 is 0 Å². The van der Waals surface area contributed by atoms with E-state index in [4.69, 9.17) is 23.2 Å². The lowest BCUT2D eigenvalue weighted by molar-refractivity contribution is 0.594. The number of sulfone groups is 1. The molecule has 1 atom stereocenters. The molecule has 1 unspecified atom stereocenters. The van der Waals surface area contributed by atoms with Crippen molar-refractivity contribution in [3.8, 4) is 17.2 Å². The van der Waals surface area contributed by atoms with Crippen LogP contribution in [0.3, 0.4) is 0 Å². The van der Waals surface area contributed by atoms with Crippen LogP contribution in [-0.4, -0.2) is 26.5 Å². The van der Waals surface area contributed by atoms with Crippen LogP contribution in [0.2, 0.25) is 10.0 Å². The van der Waals surface area contributed by atoms with Crippen LogP contribution in [-0.2, 0) is 16.3 Å². The zero-order valence-corrected chi connectivity index (χ0v) is 21.4. The van der Waals surface area contributed by atoms with Crippen LogP contribution in [0.15, 0.2) is 54.1 Å². The molecule has 1 N–H and O–H groups in total. The Hall–Kier alpha value is -2.26. The molecule has 4 nitrogen and oxygen atoms in total. The molecule has 0 spiro atoms. The summed E-state index contributed by atoms with van der Waals surface area (Å²) in [5.74, 6) is 0.460. The first kappa shape index (κ1) is 25.4. The van der Waals surface area contributed by atoms with Crippen molar-refractivity contribution in [2.24, 2.45) is 5.92 Å². The molecule has 0 saturated heterocycles. The maximum Gasteiger partial charge on any atom is 0.154 e. The van der Waals surface area contributed by atoms with E-state index in [9.17, 15) is 13.7 Å². The summed E-state index contributed by atoms with van der Waals surface area (Å²) >= 11 is 13.2. The van der Waals surface area contributed by atoms with Crippen LogP contribution in [0.5, 0.6) is 0 Å². The number of hydrogen-bond acceptors (Lipinski definition) is 4. The van der Waals surface area contributed by atoms with Gasteiger partial charge in [0.25, 0.3) is 0 Å². The molecular weight excluding hydrogens is 475 g/mol. The van der Waals surface area contributed by atoms with Gasteiger partial charge in [0.15, 0.2) is 9.84 Å². The second kappa shape index (κ2) is 10.8. The van der Waals surface area contributed by atoms with Gasteiger partial charge in [-0.05, 0) is 54.5 Å². The van der Waals surface area contributed by atoms with E-state index in [0.717, 1.165) is 35.2 Å². The molecule has 0 aliphatic heterocycles. The van der Waals surface area contributed by atoms with Crippen LogP contribution in [0.25, 0.3) is 11.1 Å². The normalized spacial score (nSPS) is 15.9. The molecule has 0 aromatic heterocycles. The zero-order valence-electron chi connectivity index (χ0n) is 19.0. The second-order valence-electron chi connectivity index (χ2n) is 8.82. The molecule has 174 valence electrons. The maximum atomic E-state index is 11.6. The molecule has 0 radical (unpaired) electrons. The van der Waals surface area contributed by atoms with Gasteiger partial charge in [-0.2, -0.15) is 5.26 Å². The molecule has 3 rings (SSSR count). The summed E-state index contributed by atoms with van der Waals surface area (Å²) in [7, 11) is -3.06. The highest BCUT2D eigenvalue weighted by molar-refractivity contribution is 7.91. The lowest BCUT2D eigenvalue weighted by Gasteiger charge is -2.16. The molecule has 33 heavy (non-hydrogen) atoms. The van der Waals surface area contributed by atoms with Crippen LogP contribution in [0.1, 0.15) is 37.8 Å². The lowest BCUT2D eigenvalue weighted by atomic mass is 9.94. The summed E-state index contributed by atoms with van der Waals surface area (Å²) < 4.78 is 23.3. The van der Waals surface area contributed by atoms with Crippen molar-refractivity contribution >= 4 is 38.7 Å². The van der Waals surface area contributed by atoms with E-state index < -0.39 is 15.1 Å². The minimum absolute atomic E-state index is 0.430. The molecular formula is C26H28Cl2N2O2S. The topological polar surface area (TPSA) is 70.0 Å². The Bertz CT molecular complexity index is 1220. The molecule has 2 aromatic carbocycles. The van der Waals surface area contributed by atoms with Crippen molar-refractivity contribution in [1.82, 2.24) is 0 Å². The predicted octanol–water partition coefficient (Wildman–Crippen LogP) is 6.83. The fraction of sp³-hybridized carbons (Fsp3) is 0.346. The van der Waals surface area contributed by atoms with Crippen molar-refractivity contribution in [1.29, 1.82) is 5.26 Å². The van der Waals surface area contributed by atoms with E-state index in [0.29, 0.717) is 40.1 Å². The van der Waals surface area contributed by atoms with Crippen molar-refractivity contribution in [2.45, 2.75) is 38.4 Å². The Kier molecular flexibility index (Phi) is 8.28. The largest absolute Gasteiger partial charge is 0.385 e. The monoisotopic (exact) mass is 502 g/mol. The Morgan fingerprint density at radius 1 is 1.18 bits per heavy atom. The highest BCUT2D eigenvalue weighted by Crippen LogP contribution is 2.38. The summed E-state index contributed by atoms with van der Waals surface area (Å²) in [4.78, 5) is 0. The van der Waals surface area contributed by atoms with Gasteiger partial charge in [0.2, 0.25) is 0 Å². The van der Waals surface area contributed by atoms with Crippen molar-refractivity contribution in [2.75, 3.05) is 18.1 Å². The van der Waals surface area contributed by atoms with Crippen LogP contribution in [0, 0.1) is 17.2 Å². The first-order valence-electron chi connectivity index (χ1n) is 10.9. The van der Waals surface area contributed by atoms with Gasteiger partial charge in [0.1, 0.15) is 0 Å². The van der Waals surface area contributed by atoms with Gasteiger partial charge in [-0.1, -0.05) is 73.0 Å². The third-order valence-electron chi connectivity index (χ3n) is 5.62. The maximum absolute atomic E-state index is 11.6. The highest BCUT2D eigenvalue weighted by Gasteiger charge is 2.19. The summed E-state index contributed by atoms with van der Waals surface area (Å²) in [5.41, 5.74) is 5.10. The Morgan fingerprint density at radius 2 is 1.88 bits per heavy atom. The van der Waals surface area contributed by atoms with Gasteiger partial charge >= 0.3 is 0 Å². The summed E-state index contributed by atoms with van der Waals surface area (Å²) in [6.45, 7) is 4.91. The standard InChI is InChI=1S/C26H28Cl2N2O2S/c1-17(2)12-19-6-7-20(13-21(19)16-29)26-24(27)14-22(15-25(26)28)30-11-10-18-4-8-23(9-5-18)33(3,31)32/h4-8,13-15,17,23,30H,9-12H2,1-3H3. The highest BCUT2D eigenvalue weighted by atomic mass is 35.5. The Morgan fingerprint density at radius 3 is 2.42 bits per heavy atom. The third-order valence-corrected chi connectivity index (χ3v) is 7.66. The molecule has 0 bridgehead atoms. The smallest absolute Gasteiger partial charge is 0.154 e. The van der Waals surface area contributed by atoms with E-state index in [-0.39, 0.29) is 0 Å². The Balaban J connectivity index is 1.69. The molecule has 1 aliphatic carbocycles. The van der Waals surface area contributed by atoms with Gasteiger partial charge in [0.05, 0.1) is 26.9 Å². The second-order valence-corrected chi connectivity index (χ2v) is 11.9. The zero-order chi connectivity index (χ0) is 24.2. The molecule has 7 heteroatoms. The average molecular weight is 503 g/mol. The quantitative estimate of drug-likeness (QED) is 0.429. The fourth-order valence-corrected chi connectivity index (χ4v) is 5.42. The molecule has 0 amide bonds. The van der Waals surface area contributed by atoms with Crippen LogP contribution in [0.4, 0.5) is 5.69 Å². The van der Waals surface area contributed by atoms with E-state index in [2.05, 4.69) is 25.2 Å². The average Bonchev–Trinajstić information content (AvgIpc) is 2.73. The first-order chi connectivity index (χ1) is 15.6. The van der Waals surface area contributed by atoms with Gasteiger partial charge in [0, 0.05) is 24.1 Å². The minimum Gasteiger partial charge on any atom is -0.385 e. The lowest BCUT2D eigenvalue weighted by Crippen LogP contribution is -2.18. The number of hydrogen-bond donors (Lipinski definition) is 1. The molecule has 0 saturated carbocycles. The van der Waals surface area contributed by atoms with Gasteiger partial charge in [-0.15, -0.1) is 0 Å². The van der Waals surface area contributed by atoms with Gasteiger partial charge in [-0.3, -0.25) is 0 Å². The number of nitriles is 1. The van der Waals surface area contributed by atoms with Gasteiger partial charge < -0.3 is 5.32 Å². The van der Waals surface area contributed by atoms with E-state index in [1.807, 2.05) is 42.5 Å². The van der Waals surface area contributed by atoms with Crippen molar-refractivity contribution < 1.29 is 8.42 Å². The third kappa shape index (κ3) is 6.63. The number of rotatable bonds is 8. The number of anilines is 1. The van der Waals surface area contributed by atoms with Crippen LogP contribution >= 0.6 is 23.2 Å². The summed E-state index contributed by atoms with van der Waals surface area (Å²) in [5, 5.41) is 13.5. The van der Waals surface area contributed by atoms with Crippen molar-refractivity contribution in [3.63, 3.8) is 0 Å². The van der Waals surface area contributed by atoms with E-state index in [1.165, 1.54) is 6.26 Å². The van der Waals surface area contributed by atoms with Crippen LogP contribution < -0.4 is 5.32 Å². The Labute approximate surface area is 206 Å². The molecule has 0 heterocycles. The summed E-state index contributed by atoms with van der Waals surface area (Å²) in [6, 6.07) is 11.8. The number of halogens is 2. The number of nitrogens with zero attached hydrogens (tertiary/aromatic N) is 1. The first-order valence-corrected chi connectivity index (χ1v) is 13.6. The van der Waals surface area contributed by atoms with Crippen molar-refractivity contribution in [3.05, 3.63) is 75.3 Å². The number of benzene rings is 2. The number of nitrogens with one attached hydrogen (secondary N) is 1.